The molecule has 0 saturated heterocycles. The molecule has 0 aliphatic carbocycles. The van der Waals surface area contributed by atoms with Gasteiger partial charge in [0.1, 0.15) is 10.8 Å². The van der Waals surface area contributed by atoms with Gasteiger partial charge in [0.15, 0.2) is 5.69 Å². The summed E-state index contributed by atoms with van der Waals surface area (Å²) in [7, 11) is 0. The van der Waals surface area contributed by atoms with Gasteiger partial charge in [-0.15, -0.1) is 11.3 Å². The number of benzene rings is 1. The maximum absolute atomic E-state index is 13.5. The predicted octanol–water partition coefficient (Wildman–Crippen LogP) is 3.46. The van der Waals surface area contributed by atoms with E-state index in [-0.39, 0.29) is 17.6 Å². The third-order valence-corrected chi connectivity index (χ3v) is 3.57. The zero-order valence-electron chi connectivity index (χ0n) is 10.5. The maximum Gasteiger partial charge on any atom is 0.357 e. The summed E-state index contributed by atoms with van der Waals surface area (Å²) in [6.45, 7) is 3.54. The first-order valence-corrected chi connectivity index (χ1v) is 6.56. The molecule has 19 heavy (non-hydrogen) atoms. The minimum atomic E-state index is -1.08. The van der Waals surface area contributed by atoms with Crippen molar-refractivity contribution in [2.75, 3.05) is 5.32 Å². The number of carboxylic acids is 1. The second-order valence-corrected chi connectivity index (χ2v) is 5.06. The summed E-state index contributed by atoms with van der Waals surface area (Å²) in [6.07, 6.45) is 0. The molecule has 4 nitrogen and oxygen atoms in total. The number of hydrogen-bond acceptors (Lipinski definition) is 4. The van der Waals surface area contributed by atoms with Gasteiger partial charge in [0.2, 0.25) is 0 Å². The van der Waals surface area contributed by atoms with E-state index in [1.807, 2.05) is 13.0 Å². The van der Waals surface area contributed by atoms with Crippen molar-refractivity contribution in [3.63, 3.8) is 0 Å². The van der Waals surface area contributed by atoms with Gasteiger partial charge in [-0.1, -0.05) is 12.1 Å². The highest BCUT2D eigenvalue weighted by Gasteiger charge is 2.16. The van der Waals surface area contributed by atoms with E-state index >= 15 is 0 Å². The largest absolute Gasteiger partial charge is 0.476 e. The highest BCUT2D eigenvalue weighted by Crippen LogP contribution is 2.26. The molecule has 6 heteroatoms. The molecule has 2 N–H and O–H groups in total. The predicted molar refractivity (Wildman–Crippen MR) is 72.2 cm³/mol. The summed E-state index contributed by atoms with van der Waals surface area (Å²) in [5.74, 6) is -1.35. The molecular formula is C13H13FN2O2S. The number of aromatic nitrogens is 1. The van der Waals surface area contributed by atoms with Crippen molar-refractivity contribution in [2.45, 2.75) is 19.9 Å². The number of aryl methyl sites for hydroxylation is 1. The van der Waals surface area contributed by atoms with Gasteiger partial charge in [0.05, 0.1) is 5.51 Å². The Morgan fingerprint density at radius 2 is 2.26 bits per heavy atom. The molecule has 1 aromatic carbocycles. The van der Waals surface area contributed by atoms with Gasteiger partial charge in [0.25, 0.3) is 0 Å². The van der Waals surface area contributed by atoms with Gasteiger partial charge in [-0.2, -0.15) is 0 Å². The number of hydrogen-bond donors (Lipinski definition) is 2. The van der Waals surface area contributed by atoms with Crippen molar-refractivity contribution in [1.29, 1.82) is 0 Å². The standard InChI is InChI=1S/C13H13FN2O2S/c1-7-3-4-9(5-10(7)14)8(2)16-12-11(13(17)18)15-6-19-12/h3-6,8,16H,1-2H3,(H,17,18). The summed E-state index contributed by atoms with van der Waals surface area (Å²) < 4.78 is 13.5. The normalized spacial score (nSPS) is 12.2. The van der Waals surface area contributed by atoms with E-state index in [1.54, 1.807) is 13.0 Å². The Labute approximate surface area is 113 Å². The Bertz CT molecular complexity index is 612. The van der Waals surface area contributed by atoms with Crippen molar-refractivity contribution < 1.29 is 14.3 Å². The molecule has 0 radical (unpaired) electrons. The van der Waals surface area contributed by atoms with Crippen LogP contribution < -0.4 is 5.32 Å². The average Bonchev–Trinajstić information content (AvgIpc) is 2.80. The molecular weight excluding hydrogens is 267 g/mol. The first kappa shape index (κ1) is 13.5. The lowest BCUT2D eigenvalue weighted by atomic mass is 10.1. The number of anilines is 1. The third-order valence-electron chi connectivity index (χ3n) is 2.81. The molecule has 0 fully saturated rings. The van der Waals surface area contributed by atoms with Gasteiger partial charge in [0, 0.05) is 6.04 Å². The number of carboxylic acid groups (broad SMARTS) is 1. The molecule has 2 aromatic rings. The van der Waals surface area contributed by atoms with Crippen LogP contribution in [-0.4, -0.2) is 16.1 Å². The zero-order valence-corrected chi connectivity index (χ0v) is 11.3. The van der Waals surface area contributed by atoms with E-state index in [0.717, 1.165) is 5.56 Å². The van der Waals surface area contributed by atoms with E-state index in [0.29, 0.717) is 10.6 Å². The SMILES string of the molecule is Cc1ccc(C(C)Nc2scnc2C(=O)O)cc1F. The van der Waals surface area contributed by atoms with Crippen molar-refractivity contribution in [3.8, 4) is 0 Å². The number of nitrogens with one attached hydrogen (secondary N) is 1. The first-order valence-electron chi connectivity index (χ1n) is 5.68. The fourth-order valence-electron chi connectivity index (χ4n) is 1.66. The summed E-state index contributed by atoms with van der Waals surface area (Å²) in [5.41, 5.74) is 2.80. The van der Waals surface area contributed by atoms with Crippen molar-refractivity contribution >= 4 is 22.3 Å². The molecule has 0 amide bonds. The lowest BCUT2D eigenvalue weighted by Gasteiger charge is -2.15. The number of carbonyl (C=O) groups is 1. The fraction of sp³-hybridized carbons (Fsp3) is 0.231. The fourth-order valence-corrected chi connectivity index (χ4v) is 2.42. The Morgan fingerprint density at radius 3 is 2.89 bits per heavy atom. The quantitative estimate of drug-likeness (QED) is 0.900. The first-order chi connectivity index (χ1) is 8.99. The topological polar surface area (TPSA) is 62.2 Å². The summed E-state index contributed by atoms with van der Waals surface area (Å²) in [4.78, 5) is 14.7. The molecule has 1 atom stereocenters. The monoisotopic (exact) mass is 280 g/mol. The summed E-state index contributed by atoms with van der Waals surface area (Å²) in [6, 6.07) is 4.77. The second kappa shape index (κ2) is 5.36. The van der Waals surface area contributed by atoms with E-state index in [4.69, 9.17) is 5.11 Å². The Morgan fingerprint density at radius 1 is 1.53 bits per heavy atom. The van der Waals surface area contributed by atoms with Gasteiger partial charge in [-0.25, -0.2) is 14.2 Å². The number of aromatic carboxylic acids is 1. The number of thiazole rings is 1. The van der Waals surface area contributed by atoms with Crippen molar-refractivity contribution in [2.24, 2.45) is 0 Å². The van der Waals surface area contributed by atoms with Crippen LogP contribution in [0.3, 0.4) is 0 Å². The molecule has 1 heterocycles. The van der Waals surface area contributed by atoms with Crippen LogP contribution in [0, 0.1) is 12.7 Å². The van der Waals surface area contributed by atoms with Crippen LogP contribution >= 0.6 is 11.3 Å². The lowest BCUT2D eigenvalue weighted by molar-refractivity contribution is 0.0692. The number of rotatable bonds is 4. The van der Waals surface area contributed by atoms with E-state index in [2.05, 4.69) is 10.3 Å². The summed E-state index contributed by atoms with van der Waals surface area (Å²) in [5, 5.41) is 12.5. The number of halogens is 1. The van der Waals surface area contributed by atoms with Gasteiger partial charge in [-0.05, 0) is 31.0 Å². The highest BCUT2D eigenvalue weighted by atomic mass is 32.1. The lowest BCUT2D eigenvalue weighted by Crippen LogP contribution is -2.09. The van der Waals surface area contributed by atoms with Crippen LogP contribution in [0.5, 0.6) is 0 Å². The van der Waals surface area contributed by atoms with Crippen LogP contribution in [0.2, 0.25) is 0 Å². The molecule has 1 aromatic heterocycles. The number of nitrogens with zero attached hydrogens (tertiary/aromatic N) is 1. The Hall–Kier alpha value is -1.95. The van der Waals surface area contributed by atoms with Crippen LogP contribution in [0.25, 0.3) is 0 Å². The highest BCUT2D eigenvalue weighted by molar-refractivity contribution is 7.14. The summed E-state index contributed by atoms with van der Waals surface area (Å²) >= 11 is 1.21. The minimum Gasteiger partial charge on any atom is -0.476 e. The van der Waals surface area contributed by atoms with E-state index < -0.39 is 5.97 Å². The maximum atomic E-state index is 13.5. The molecule has 1 unspecified atom stereocenters. The molecule has 0 aliphatic rings. The molecule has 0 bridgehead atoms. The minimum absolute atomic E-state index is 0.00978. The van der Waals surface area contributed by atoms with Crippen LogP contribution in [0.1, 0.15) is 34.6 Å². The van der Waals surface area contributed by atoms with E-state index in [1.165, 1.54) is 22.9 Å². The van der Waals surface area contributed by atoms with E-state index in [9.17, 15) is 9.18 Å². The van der Waals surface area contributed by atoms with Gasteiger partial charge in [-0.3, -0.25) is 0 Å². The average molecular weight is 280 g/mol. The van der Waals surface area contributed by atoms with Crippen molar-refractivity contribution in [1.82, 2.24) is 4.98 Å². The second-order valence-electron chi connectivity index (χ2n) is 4.21. The zero-order chi connectivity index (χ0) is 14.0. The molecule has 100 valence electrons. The Balaban J connectivity index is 2.20. The van der Waals surface area contributed by atoms with Crippen LogP contribution in [-0.2, 0) is 0 Å². The molecule has 0 saturated carbocycles. The third kappa shape index (κ3) is 2.90. The van der Waals surface area contributed by atoms with Gasteiger partial charge >= 0.3 is 5.97 Å². The van der Waals surface area contributed by atoms with Gasteiger partial charge < -0.3 is 10.4 Å². The van der Waals surface area contributed by atoms with Crippen LogP contribution in [0.4, 0.5) is 9.39 Å². The molecule has 0 aliphatic heterocycles. The Kier molecular flexibility index (Phi) is 3.80. The molecule has 2 rings (SSSR count). The van der Waals surface area contributed by atoms with Crippen molar-refractivity contribution in [3.05, 3.63) is 46.3 Å². The van der Waals surface area contributed by atoms with Crippen LogP contribution in [0.15, 0.2) is 23.7 Å². The molecule has 0 spiro atoms. The smallest absolute Gasteiger partial charge is 0.357 e.